The van der Waals surface area contributed by atoms with Crippen LogP contribution < -0.4 is 0 Å². The van der Waals surface area contributed by atoms with E-state index in [9.17, 15) is 28.3 Å². The predicted molar refractivity (Wildman–Crippen MR) is 148 cm³/mol. The molecule has 4 aliphatic rings. The van der Waals surface area contributed by atoms with Crippen molar-refractivity contribution in [2.45, 2.75) is 63.5 Å². The van der Waals surface area contributed by atoms with Crippen molar-refractivity contribution in [3.63, 3.8) is 0 Å². The van der Waals surface area contributed by atoms with Crippen LogP contribution in [0.3, 0.4) is 0 Å². The lowest BCUT2D eigenvalue weighted by atomic mass is 9.87. The number of likely N-dealkylation sites (tertiary alicyclic amines) is 1. The van der Waals surface area contributed by atoms with Crippen molar-refractivity contribution in [3.8, 4) is 0 Å². The largest absolute Gasteiger partial charge is 0.480 e. The van der Waals surface area contributed by atoms with Gasteiger partial charge in [-0.25, -0.2) is 8.78 Å². The molecule has 7 nitrogen and oxygen atoms in total. The van der Waals surface area contributed by atoms with E-state index in [4.69, 9.17) is 0 Å². The highest BCUT2D eigenvalue weighted by atomic mass is 19.1. The first kappa shape index (κ1) is 27.8. The number of hydrogen-bond acceptors (Lipinski definition) is 4. The maximum absolute atomic E-state index is 14.9. The van der Waals surface area contributed by atoms with Gasteiger partial charge in [-0.15, -0.1) is 0 Å². The van der Waals surface area contributed by atoms with Crippen molar-refractivity contribution in [3.05, 3.63) is 70.3 Å². The molecule has 2 saturated heterocycles. The van der Waals surface area contributed by atoms with Crippen LogP contribution in [0.25, 0.3) is 0 Å². The second-order valence-electron chi connectivity index (χ2n) is 12.3. The summed E-state index contributed by atoms with van der Waals surface area (Å²) >= 11 is 0. The van der Waals surface area contributed by atoms with Gasteiger partial charge in [-0.2, -0.15) is 0 Å². The molecule has 0 bridgehead atoms. The lowest BCUT2D eigenvalue weighted by Gasteiger charge is -2.43. The quantitative estimate of drug-likeness (QED) is 0.555. The van der Waals surface area contributed by atoms with Crippen molar-refractivity contribution < 1.29 is 28.3 Å². The number of amides is 2. The third kappa shape index (κ3) is 5.61. The molecule has 2 aromatic rings. The fraction of sp³-hybridized carbons (Fsp3) is 0.531. The number of nitrogens with zero attached hydrogens (tertiary/aromatic N) is 3. The fourth-order valence-corrected chi connectivity index (χ4v) is 7.10. The number of carbonyl (C=O) groups excluding carboxylic acids is 2. The molecule has 4 atom stereocenters. The number of aryl methyl sites for hydroxylation is 2. The summed E-state index contributed by atoms with van der Waals surface area (Å²) < 4.78 is 28.6. The molecule has 3 fully saturated rings. The normalized spacial score (nSPS) is 25.3. The summed E-state index contributed by atoms with van der Waals surface area (Å²) in [6, 6.07) is 8.75. The molecule has 2 aliphatic heterocycles. The first-order valence-electron chi connectivity index (χ1n) is 14.8. The maximum atomic E-state index is 14.9. The van der Waals surface area contributed by atoms with Gasteiger partial charge in [0, 0.05) is 56.7 Å². The Kier molecular flexibility index (Phi) is 7.57. The van der Waals surface area contributed by atoms with Crippen molar-refractivity contribution in [1.29, 1.82) is 0 Å². The van der Waals surface area contributed by atoms with Gasteiger partial charge in [-0.1, -0.05) is 24.3 Å². The van der Waals surface area contributed by atoms with Crippen molar-refractivity contribution in [2.24, 2.45) is 11.8 Å². The molecule has 6 rings (SSSR count). The van der Waals surface area contributed by atoms with Crippen LogP contribution >= 0.6 is 0 Å². The number of halogens is 2. The zero-order valence-corrected chi connectivity index (χ0v) is 23.4. The topological polar surface area (TPSA) is 81.2 Å². The van der Waals surface area contributed by atoms with Gasteiger partial charge in [0.2, 0.25) is 11.8 Å². The van der Waals surface area contributed by atoms with E-state index in [2.05, 4.69) is 12.1 Å². The third-order valence-electron chi connectivity index (χ3n) is 9.50. The third-order valence-corrected chi connectivity index (χ3v) is 9.50. The number of rotatable bonds is 7. The Labute approximate surface area is 239 Å². The minimum atomic E-state index is -0.880. The van der Waals surface area contributed by atoms with E-state index in [0.717, 1.165) is 43.7 Å². The second kappa shape index (κ2) is 11.2. The molecule has 2 amide bonds. The van der Waals surface area contributed by atoms with Gasteiger partial charge < -0.3 is 14.9 Å². The fourth-order valence-electron chi connectivity index (χ4n) is 7.10. The van der Waals surface area contributed by atoms with E-state index in [1.807, 2.05) is 17.9 Å². The van der Waals surface area contributed by atoms with Gasteiger partial charge in [0.05, 0.1) is 5.92 Å². The Hall–Kier alpha value is -3.33. The van der Waals surface area contributed by atoms with E-state index < -0.39 is 35.5 Å². The molecule has 41 heavy (non-hydrogen) atoms. The Bertz CT molecular complexity index is 1360. The predicted octanol–water partition coefficient (Wildman–Crippen LogP) is 3.63. The van der Waals surface area contributed by atoms with E-state index >= 15 is 0 Å². The molecule has 9 heteroatoms. The molecule has 1 unspecified atom stereocenters. The van der Waals surface area contributed by atoms with E-state index in [1.165, 1.54) is 23.3 Å². The van der Waals surface area contributed by atoms with E-state index in [1.54, 1.807) is 9.80 Å². The highest BCUT2D eigenvalue weighted by molar-refractivity contribution is 5.85. The molecule has 0 aromatic heterocycles. The van der Waals surface area contributed by atoms with Crippen LogP contribution in [0.15, 0.2) is 36.4 Å². The SMILES string of the molecule is C[C@H]1CN(C(Cc2ccc3c(c2)CCC3)C(=O)O)CCN1C(=O)[C@@H]1CN(C(=O)C2CC2)C[C@H]1c1ccc(F)cc1F. The summed E-state index contributed by atoms with van der Waals surface area (Å²) in [6.07, 6.45) is 5.31. The Morgan fingerprint density at radius 1 is 0.951 bits per heavy atom. The zero-order chi connectivity index (χ0) is 28.8. The Morgan fingerprint density at radius 2 is 1.73 bits per heavy atom. The number of carbonyl (C=O) groups is 3. The van der Waals surface area contributed by atoms with Gasteiger partial charge in [0.1, 0.15) is 17.7 Å². The first-order chi connectivity index (χ1) is 19.7. The van der Waals surface area contributed by atoms with E-state index in [-0.39, 0.29) is 42.4 Å². The van der Waals surface area contributed by atoms with Crippen LogP contribution in [0, 0.1) is 23.5 Å². The number of fused-ring (bicyclic) bond motifs is 1. The zero-order valence-electron chi connectivity index (χ0n) is 23.4. The number of hydrogen-bond donors (Lipinski definition) is 1. The van der Waals surface area contributed by atoms with Gasteiger partial charge in [0.25, 0.3) is 0 Å². The molecule has 1 N–H and O–H groups in total. The lowest BCUT2D eigenvalue weighted by Crippen LogP contribution is -2.59. The number of carboxylic acid groups (broad SMARTS) is 1. The molecular weight excluding hydrogens is 528 g/mol. The minimum Gasteiger partial charge on any atom is -0.480 e. The highest BCUT2D eigenvalue weighted by Gasteiger charge is 2.47. The number of aliphatic carboxylic acids is 1. The average Bonchev–Trinajstić information content (AvgIpc) is 3.53. The Balaban J connectivity index is 1.17. The second-order valence-corrected chi connectivity index (χ2v) is 12.3. The smallest absolute Gasteiger partial charge is 0.321 e. The average molecular weight is 566 g/mol. The maximum Gasteiger partial charge on any atom is 0.321 e. The summed E-state index contributed by atoms with van der Waals surface area (Å²) in [6.45, 7) is 3.50. The van der Waals surface area contributed by atoms with Crippen LogP contribution in [0.5, 0.6) is 0 Å². The molecule has 218 valence electrons. The van der Waals surface area contributed by atoms with Crippen LogP contribution in [0.1, 0.15) is 54.4 Å². The van der Waals surface area contributed by atoms with Crippen LogP contribution in [-0.4, -0.2) is 82.4 Å². The molecule has 0 spiro atoms. The Morgan fingerprint density at radius 3 is 2.44 bits per heavy atom. The van der Waals surface area contributed by atoms with Crippen molar-refractivity contribution in [1.82, 2.24) is 14.7 Å². The molecule has 0 radical (unpaired) electrons. The van der Waals surface area contributed by atoms with Gasteiger partial charge >= 0.3 is 5.97 Å². The molecular formula is C32H37F2N3O4. The standard InChI is InChI=1S/C32H37F2N3O4/c1-19-16-35(29(32(40)41)14-20-5-6-21-3-2-4-23(21)13-20)11-12-37(19)31(39)27-18-36(30(38)22-7-8-22)17-26(27)25-10-9-24(33)15-28(25)34/h5-6,9-10,13,15,19,22,26-27,29H,2-4,7-8,11-12,14,16-18H2,1H3,(H,40,41)/t19-,26-,27+,29?/m0/s1. The minimum absolute atomic E-state index is 0.00143. The molecule has 2 heterocycles. The van der Waals surface area contributed by atoms with Crippen molar-refractivity contribution in [2.75, 3.05) is 32.7 Å². The summed E-state index contributed by atoms with van der Waals surface area (Å²) in [5.41, 5.74) is 3.93. The summed E-state index contributed by atoms with van der Waals surface area (Å²) in [5, 5.41) is 10.1. The number of carboxylic acids is 1. The number of piperazine rings is 1. The summed E-state index contributed by atoms with van der Waals surface area (Å²) in [4.78, 5) is 44.6. The van der Waals surface area contributed by atoms with Crippen LogP contribution in [0.4, 0.5) is 8.78 Å². The summed E-state index contributed by atoms with van der Waals surface area (Å²) in [7, 11) is 0. The lowest BCUT2D eigenvalue weighted by molar-refractivity contribution is -0.147. The highest BCUT2D eigenvalue weighted by Crippen LogP contribution is 2.40. The van der Waals surface area contributed by atoms with Crippen molar-refractivity contribution >= 4 is 17.8 Å². The van der Waals surface area contributed by atoms with E-state index in [0.29, 0.717) is 26.1 Å². The van der Waals surface area contributed by atoms with Gasteiger partial charge in [-0.3, -0.25) is 19.3 Å². The monoisotopic (exact) mass is 565 g/mol. The summed E-state index contributed by atoms with van der Waals surface area (Å²) in [5.74, 6) is -3.67. The molecule has 1 saturated carbocycles. The first-order valence-corrected chi connectivity index (χ1v) is 14.8. The van der Waals surface area contributed by atoms with Gasteiger partial charge in [0.15, 0.2) is 0 Å². The molecule has 2 aliphatic carbocycles. The van der Waals surface area contributed by atoms with Gasteiger partial charge in [-0.05, 0) is 73.8 Å². The van der Waals surface area contributed by atoms with Crippen LogP contribution in [-0.2, 0) is 33.6 Å². The number of benzene rings is 2. The molecule has 2 aromatic carbocycles. The van der Waals surface area contributed by atoms with Crippen LogP contribution in [0.2, 0.25) is 0 Å².